The van der Waals surface area contributed by atoms with Crippen molar-refractivity contribution in [3.8, 4) is 5.75 Å². The Hall–Kier alpha value is -1.02. The Bertz CT molecular complexity index is 390. The van der Waals surface area contributed by atoms with Crippen LogP contribution in [0.1, 0.15) is 37.7 Å². The lowest BCUT2D eigenvalue weighted by Gasteiger charge is -2.26. The minimum atomic E-state index is 0.637. The molecule has 1 N–H and O–H groups in total. The van der Waals surface area contributed by atoms with Crippen molar-refractivity contribution < 1.29 is 4.74 Å². The Kier molecular flexibility index (Phi) is 3.06. The average Bonchev–Trinajstić information content (AvgIpc) is 3.15. The Morgan fingerprint density at radius 3 is 3.06 bits per heavy atom. The van der Waals surface area contributed by atoms with E-state index in [-0.39, 0.29) is 0 Å². The summed E-state index contributed by atoms with van der Waals surface area (Å²) in [5.41, 5.74) is 1.39. The van der Waals surface area contributed by atoms with E-state index in [9.17, 15) is 0 Å². The van der Waals surface area contributed by atoms with Crippen molar-refractivity contribution in [2.45, 2.75) is 38.1 Å². The zero-order chi connectivity index (χ0) is 11.7. The quantitative estimate of drug-likeness (QED) is 0.860. The molecule has 3 atom stereocenters. The topological polar surface area (TPSA) is 21.3 Å². The first-order valence-electron chi connectivity index (χ1n) is 6.83. The standard InChI is InChI=1S/C15H21NO/c1-2-11-9-14(11)16-10-12-7-8-17-15-6-4-3-5-13(12)15/h3-6,11-12,14,16H,2,7-10H2,1H3. The summed E-state index contributed by atoms with van der Waals surface area (Å²) >= 11 is 0. The molecular weight excluding hydrogens is 210 g/mol. The minimum absolute atomic E-state index is 0.637. The van der Waals surface area contributed by atoms with Crippen LogP contribution >= 0.6 is 0 Å². The van der Waals surface area contributed by atoms with Crippen molar-refractivity contribution in [2.75, 3.05) is 13.2 Å². The number of para-hydroxylation sites is 1. The van der Waals surface area contributed by atoms with Gasteiger partial charge in [0.2, 0.25) is 0 Å². The summed E-state index contributed by atoms with van der Waals surface area (Å²) in [7, 11) is 0. The van der Waals surface area contributed by atoms with Crippen molar-refractivity contribution in [3.63, 3.8) is 0 Å². The van der Waals surface area contributed by atoms with Gasteiger partial charge in [-0.05, 0) is 30.4 Å². The lowest BCUT2D eigenvalue weighted by Crippen LogP contribution is -2.28. The molecule has 1 aliphatic heterocycles. The summed E-state index contributed by atoms with van der Waals surface area (Å²) in [5, 5.41) is 3.71. The molecule has 1 aliphatic carbocycles. The predicted octanol–water partition coefficient (Wildman–Crippen LogP) is 2.94. The molecule has 1 aromatic carbocycles. The number of fused-ring (bicyclic) bond motifs is 1. The van der Waals surface area contributed by atoms with Crippen LogP contribution in [0.3, 0.4) is 0 Å². The van der Waals surface area contributed by atoms with Crippen LogP contribution in [0.2, 0.25) is 0 Å². The van der Waals surface area contributed by atoms with E-state index in [4.69, 9.17) is 4.74 Å². The third kappa shape index (κ3) is 2.32. The summed E-state index contributed by atoms with van der Waals surface area (Å²) < 4.78 is 5.69. The monoisotopic (exact) mass is 231 g/mol. The summed E-state index contributed by atoms with van der Waals surface area (Å²) in [6.45, 7) is 4.27. The summed E-state index contributed by atoms with van der Waals surface area (Å²) in [6.07, 6.45) is 3.84. The molecular formula is C15H21NO. The largest absolute Gasteiger partial charge is 0.493 e. The molecule has 0 bridgehead atoms. The van der Waals surface area contributed by atoms with Crippen LogP contribution < -0.4 is 10.1 Å². The highest BCUT2D eigenvalue weighted by Gasteiger charge is 2.35. The van der Waals surface area contributed by atoms with Crippen molar-refractivity contribution in [1.29, 1.82) is 0 Å². The molecule has 1 saturated carbocycles. The number of ether oxygens (including phenoxy) is 1. The van der Waals surface area contributed by atoms with E-state index in [0.29, 0.717) is 5.92 Å². The molecule has 0 saturated heterocycles. The van der Waals surface area contributed by atoms with Gasteiger partial charge in [-0.25, -0.2) is 0 Å². The van der Waals surface area contributed by atoms with Gasteiger partial charge in [0.25, 0.3) is 0 Å². The molecule has 2 aliphatic rings. The Morgan fingerprint density at radius 1 is 1.35 bits per heavy atom. The van der Waals surface area contributed by atoms with Gasteiger partial charge in [0.1, 0.15) is 5.75 Å². The van der Waals surface area contributed by atoms with Gasteiger partial charge < -0.3 is 10.1 Å². The number of hydrogen-bond donors (Lipinski definition) is 1. The number of rotatable bonds is 4. The van der Waals surface area contributed by atoms with Crippen LogP contribution in [0.25, 0.3) is 0 Å². The molecule has 1 aromatic rings. The molecule has 0 aromatic heterocycles. The maximum Gasteiger partial charge on any atom is 0.122 e. The van der Waals surface area contributed by atoms with Gasteiger partial charge in [0.05, 0.1) is 6.61 Å². The van der Waals surface area contributed by atoms with Crippen LogP contribution in [0.5, 0.6) is 5.75 Å². The summed E-state index contributed by atoms with van der Waals surface area (Å²) in [5.74, 6) is 2.66. The molecule has 3 unspecified atom stereocenters. The predicted molar refractivity (Wildman–Crippen MR) is 69.5 cm³/mol. The van der Waals surface area contributed by atoms with E-state index in [1.165, 1.54) is 18.4 Å². The fourth-order valence-corrected chi connectivity index (χ4v) is 2.87. The highest BCUT2D eigenvalue weighted by Crippen LogP contribution is 2.36. The molecule has 2 heteroatoms. The third-order valence-electron chi connectivity index (χ3n) is 4.16. The number of benzene rings is 1. The van der Waals surface area contributed by atoms with Gasteiger partial charge in [0, 0.05) is 18.5 Å². The van der Waals surface area contributed by atoms with Crippen LogP contribution in [-0.4, -0.2) is 19.2 Å². The van der Waals surface area contributed by atoms with E-state index in [0.717, 1.165) is 37.3 Å². The van der Waals surface area contributed by atoms with E-state index in [1.54, 1.807) is 0 Å². The normalized spacial score (nSPS) is 30.5. The smallest absolute Gasteiger partial charge is 0.122 e. The van der Waals surface area contributed by atoms with Crippen molar-refractivity contribution in [3.05, 3.63) is 29.8 Å². The lowest BCUT2D eigenvalue weighted by atomic mass is 9.93. The molecule has 0 spiro atoms. The first-order chi connectivity index (χ1) is 8.38. The molecule has 2 nitrogen and oxygen atoms in total. The van der Waals surface area contributed by atoms with E-state index >= 15 is 0 Å². The van der Waals surface area contributed by atoms with E-state index in [1.807, 2.05) is 0 Å². The lowest BCUT2D eigenvalue weighted by molar-refractivity contribution is 0.264. The molecule has 17 heavy (non-hydrogen) atoms. The van der Waals surface area contributed by atoms with Crippen molar-refractivity contribution >= 4 is 0 Å². The second-order valence-electron chi connectivity index (χ2n) is 5.29. The molecule has 92 valence electrons. The van der Waals surface area contributed by atoms with Crippen molar-refractivity contribution in [2.24, 2.45) is 5.92 Å². The first-order valence-corrected chi connectivity index (χ1v) is 6.83. The van der Waals surface area contributed by atoms with Crippen LogP contribution in [0, 0.1) is 5.92 Å². The maximum atomic E-state index is 5.69. The zero-order valence-corrected chi connectivity index (χ0v) is 10.5. The average molecular weight is 231 g/mol. The molecule has 0 amide bonds. The third-order valence-corrected chi connectivity index (χ3v) is 4.16. The highest BCUT2D eigenvalue weighted by molar-refractivity contribution is 5.37. The van der Waals surface area contributed by atoms with Gasteiger partial charge >= 0.3 is 0 Å². The molecule has 3 rings (SSSR count). The Balaban J connectivity index is 1.61. The zero-order valence-electron chi connectivity index (χ0n) is 10.5. The molecule has 0 radical (unpaired) electrons. The fraction of sp³-hybridized carbons (Fsp3) is 0.600. The fourth-order valence-electron chi connectivity index (χ4n) is 2.87. The maximum absolute atomic E-state index is 5.69. The van der Waals surface area contributed by atoms with Crippen LogP contribution in [0.15, 0.2) is 24.3 Å². The number of nitrogens with one attached hydrogen (secondary N) is 1. The van der Waals surface area contributed by atoms with E-state index < -0.39 is 0 Å². The SMILES string of the molecule is CCC1CC1NCC1CCOc2ccccc21. The summed E-state index contributed by atoms with van der Waals surface area (Å²) in [4.78, 5) is 0. The van der Waals surface area contributed by atoms with Gasteiger partial charge in [-0.2, -0.15) is 0 Å². The van der Waals surface area contributed by atoms with Gasteiger partial charge in [0.15, 0.2) is 0 Å². The number of hydrogen-bond acceptors (Lipinski definition) is 2. The minimum Gasteiger partial charge on any atom is -0.493 e. The Labute approximate surface area is 103 Å². The second-order valence-corrected chi connectivity index (χ2v) is 5.29. The Morgan fingerprint density at radius 2 is 2.24 bits per heavy atom. The molecule has 1 heterocycles. The highest BCUT2D eigenvalue weighted by atomic mass is 16.5. The first kappa shape index (κ1) is 11.1. The van der Waals surface area contributed by atoms with Gasteiger partial charge in [-0.3, -0.25) is 0 Å². The van der Waals surface area contributed by atoms with Gasteiger partial charge in [-0.15, -0.1) is 0 Å². The van der Waals surface area contributed by atoms with Gasteiger partial charge in [-0.1, -0.05) is 31.5 Å². The van der Waals surface area contributed by atoms with E-state index in [2.05, 4.69) is 36.5 Å². The van der Waals surface area contributed by atoms with Crippen LogP contribution in [0.4, 0.5) is 0 Å². The molecule has 1 fully saturated rings. The van der Waals surface area contributed by atoms with Crippen LogP contribution in [-0.2, 0) is 0 Å². The van der Waals surface area contributed by atoms with Crippen molar-refractivity contribution in [1.82, 2.24) is 5.32 Å². The second kappa shape index (κ2) is 4.69. The summed E-state index contributed by atoms with van der Waals surface area (Å²) in [6, 6.07) is 9.27.